The fourth-order valence-corrected chi connectivity index (χ4v) is 4.34. The molecular weight excluding hydrogens is 378 g/mol. The minimum Gasteiger partial charge on any atom is -0.338 e. The Morgan fingerprint density at radius 1 is 1.17 bits per heavy atom. The summed E-state index contributed by atoms with van der Waals surface area (Å²) < 4.78 is 4.12. The van der Waals surface area contributed by atoms with Gasteiger partial charge in [-0.25, -0.2) is 9.97 Å². The van der Waals surface area contributed by atoms with E-state index in [1.807, 2.05) is 41.8 Å². The Kier molecular flexibility index (Phi) is 5.70. The van der Waals surface area contributed by atoms with Crippen LogP contribution in [0, 0.1) is 12.8 Å². The molecule has 1 amide bonds. The van der Waals surface area contributed by atoms with Gasteiger partial charge in [0.15, 0.2) is 0 Å². The first kappa shape index (κ1) is 20.3. The topological polar surface area (TPSA) is 73.0 Å². The molecule has 0 unspecified atom stereocenters. The van der Waals surface area contributed by atoms with Gasteiger partial charge in [-0.05, 0) is 44.7 Å². The van der Waals surface area contributed by atoms with Crippen molar-refractivity contribution >= 4 is 16.9 Å². The van der Waals surface area contributed by atoms with Gasteiger partial charge in [0.25, 0.3) is 5.91 Å². The first-order chi connectivity index (χ1) is 14.5. The van der Waals surface area contributed by atoms with Crippen molar-refractivity contribution in [2.45, 2.75) is 53.1 Å². The van der Waals surface area contributed by atoms with Gasteiger partial charge < -0.3 is 14.0 Å². The SMILES string of the molecule is CCc1nccn1CC1CCN(C(=O)c2cn(CC)c3nc(C)ccc3c2=O)CC1. The van der Waals surface area contributed by atoms with Crippen LogP contribution >= 0.6 is 0 Å². The van der Waals surface area contributed by atoms with Crippen LogP contribution in [0.15, 0.2) is 35.5 Å². The molecule has 30 heavy (non-hydrogen) atoms. The highest BCUT2D eigenvalue weighted by Crippen LogP contribution is 2.21. The van der Waals surface area contributed by atoms with E-state index in [9.17, 15) is 9.59 Å². The van der Waals surface area contributed by atoms with Gasteiger partial charge in [-0.1, -0.05) is 6.92 Å². The summed E-state index contributed by atoms with van der Waals surface area (Å²) in [4.78, 5) is 37.0. The van der Waals surface area contributed by atoms with Crippen LogP contribution in [0.3, 0.4) is 0 Å². The molecule has 0 aliphatic carbocycles. The van der Waals surface area contributed by atoms with Crippen molar-refractivity contribution in [1.82, 2.24) is 24.0 Å². The summed E-state index contributed by atoms with van der Waals surface area (Å²) in [5.41, 5.74) is 1.52. The molecule has 1 aliphatic rings. The van der Waals surface area contributed by atoms with Gasteiger partial charge in [0, 0.05) is 56.9 Å². The molecule has 7 nitrogen and oxygen atoms in total. The molecule has 0 aromatic carbocycles. The van der Waals surface area contributed by atoms with Crippen LogP contribution in [-0.2, 0) is 19.5 Å². The van der Waals surface area contributed by atoms with Crippen molar-refractivity contribution in [2.75, 3.05) is 13.1 Å². The smallest absolute Gasteiger partial charge is 0.259 e. The molecule has 1 fully saturated rings. The predicted octanol–water partition coefficient (Wildman–Crippen LogP) is 3.04. The molecule has 1 saturated heterocycles. The van der Waals surface area contributed by atoms with Crippen LogP contribution < -0.4 is 5.43 Å². The average Bonchev–Trinajstić information content (AvgIpc) is 3.21. The Labute approximate surface area is 176 Å². The second-order valence-electron chi connectivity index (χ2n) is 8.07. The summed E-state index contributed by atoms with van der Waals surface area (Å²) in [6.45, 7) is 8.96. The lowest BCUT2D eigenvalue weighted by atomic mass is 9.96. The van der Waals surface area contributed by atoms with Crippen LogP contribution in [0.5, 0.6) is 0 Å². The maximum Gasteiger partial charge on any atom is 0.259 e. The second-order valence-corrected chi connectivity index (χ2v) is 8.07. The van der Waals surface area contributed by atoms with E-state index < -0.39 is 0 Å². The number of nitrogens with zero attached hydrogens (tertiary/aromatic N) is 5. The lowest BCUT2D eigenvalue weighted by Crippen LogP contribution is -2.41. The Morgan fingerprint density at radius 3 is 2.63 bits per heavy atom. The predicted molar refractivity (Wildman–Crippen MR) is 117 cm³/mol. The zero-order chi connectivity index (χ0) is 21.3. The second kappa shape index (κ2) is 8.42. The van der Waals surface area contributed by atoms with Gasteiger partial charge in [-0.15, -0.1) is 0 Å². The Morgan fingerprint density at radius 2 is 1.93 bits per heavy atom. The number of rotatable bonds is 5. The number of hydrogen-bond donors (Lipinski definition) is 0. The van der Waals surface area contributed by atoms with Gasteiger partial charge in [-0.2, -0.15) is 0 Å². The minimum absolute atomic E-state index is 0.167. The number of pyridine rings is 2. The van der Waals surface area contributed by atoms with Crippen LogP contribution in [0.4, 0.5) is 0 Å². The molecule has 3 aromatic rings. The van der Waals surface area contributed by atoms with Gasteiger partial charge in [0.2, 0.25) is 5.43 Å². The van der Waals surface area contributed by atoms with Crippen LogP contribution in [0.1, 0.15) is 48.6 Å². The Hall–Kier alpha value is -2.96. The number of piperidine rings is 1. The number of carbonyl (C=O) groups excluding carboxylic acids is 1. The zero-order valence-corrected chi connectivity index (χ0v) is 18.0. The monoisotopic (exact) mass is 407 g/mol. The molecule has 4 rings (SSSR count). The van der Waals surface area contributed by atoms with Crippen molar-refractivity contribution in [3.63, 3.8) is 0 Å². The molecule has 158 valence electrons. The summed E-state index contributed by atoms with van der Waals surface area (Å²) in [6, 6.07) is 3.61. The maximum atomic E-state index is 13.2. The first-order valence-electron chi connectivity index (χ1n) is 10.8. The Bertz CT molecular complexity index is 1120. The quantitative estimate of drug-likeness (QED) is 0.652. The van der Waals surface area contributed by atoms with E-state index in [1.165, 1.54) is 0 Å². The summed E-state index contributed by atoms with van der Waals surface area (Å²) in [5, 5.41) is 0.510. The van der Waals surface area contributed by atoms with E-state index in [0.717, 1.165) is 37.3 Å². The van der Waals surface area contributed by atoms with Gasteiger partial charge >= 0.3 is 0 Å². The number of imidazole rings is 1. The van der Waals surface area contributed by atoms with Crippen molar-refractivity contribution in [1.29, 1.82) is 0 Å². The van der Waals surface area contributed by atoms with Gasteiger partial charge in [0.05, 0.1) is 5.39 Å². The molecule has 0 bridgehead atoms. The molecule has 4 heterocycles. The zero-order valence-electron chi connectivity index (χ0n) is 18.0. The number of amides is 1. The molecule has 3 aromatic heterocycles. The van der Waals surface area contributed by atoms with E-state index in [0.29, 0.717) is 36.6 Å². The summed E-state index contributed by atoms with van der Waals surface area (Å²) >= 11 is 0. The fourth-order valence-electron chi connectivity index (χ4n) is 4.34. The van der Waals surface area contributed by atoms with Crippen molar-refractivity contribution in [2.24, 2.45) is 5.92 Å². The summed E-state index contributed by atoms with van der Waals surface area (Å²) in [7, 11) is 0. The van der Waals surface area contributed by atoms with E-state index in [4.69, 9.17) is 0 Å². The third-order valence-corrected chi connectivity index (χ3v) is 6.11. The highest BCUT2D eigenvalue weighted by atomic mass is 16.2. The van der Waals surface area contributed by atoms with E-state index in [1.54, 1.807) is 12.3 Å². The van der Waals surface area contributed by atoms with E-state index >= 15 is 0 Å². The summed E-state index contributed by atoms with van der Waals surface area (Å²) in [5.74, 6) is 1.46. The number of hydrogen-bond acceptors (Lipinski definition) is 4. The molecule has 1 aliphatic heterocycles. The molecule has 0 saturated carbocycles. The van der Waals surface area contributed by atoms with E-state index in [2.05, 4.69) is 21.5 Å². The van der Waals surface area contributed by atoms with Crippen LogP contribution in [0.25, 0.3) is 11.0 Å². The van der Waals surface area contributed by atoms with Crippen LogP contribution in [0.2, 0.25) is 0 Å². The highest BCUT2D eigenvalue weighted by Gasteiger charge is 2.26. The number of likely N-dealkylation sites (tertiary alicyclic amines) is 1. The fraction of sp³-hybridized carbons (Fsp3) is 0.478. The highest BCUT2D eigenvalue weighted by molar-refractivity contribution is 5.97. The third-order valence-electron chi connectivity index (χ3n) is 6.11. The molecule has 0 spiro atoms. The number of aromatic nitrogens is 4. The standard InChI is InChI=1S/C23H29N5O2/c1-4-20-24-10-13-28(20)14-17-8-11-27(12-9-17)23(30)19-15-26(5-2)22-18(21(19)29)7-6-16(3)25-22/h6-7,10,13,15,17H,4-5,8-9,11-12,14H2,1-3H3. The lowest BCUT2D eigenvalue weighted by Gasteiger charge is -2.32. The largest absolute Gasteiger partial charge is 0.338 e. The van der Waals surface area contributed by atoms with E-state index in [-0.39, 0.29) is 16.9 Å². The minimum atomic E-state index is -0.222. The van der Waals surface area contributed by atoms with Crippen molar-refractivity contribution < 1.29 is 4.79 Å². The number of carbonyl (C=O) groups is 1. The molecule has 7 heteroatoms. The van der Waals surface area contributed by atoms with Crippen LogP contribution in [-0.4, -0.2) is 43.0 Å². The average molecular weight is 408 g/mol. The van der Waals surface area contributed by atoms with Gasteiger partial charge in [-0.3, -0.25) is 9.59 Å². The molecule has 0 atom stereocenters. The maximum absolute atomic E-state index is 13.2. The lowest BCUT2D eigenvalue weighted by molar-refractivity contribution is 0.0680. The first-order valence-corrected chi connectivity index (χ1v) is 10.8. The third kappa shape index (κ3) is 3.76. The molecule has 0 N–H and O–H groups in total. The van der Waals surface area contributed by atoms with Gasteiger partial charge in [0.1, 0.15) is 17.0 Å². The van der Waals surface area contributed by atoms with Crippen molar-refractivity contribution in [3.8, 4) is 0 Å². The molecular formula is C23H29N5O2. The number of fused-ring (bicyclic) bond motifs is 1. The van der Waals surface area contributed by atoms with Crippen molar-refractivity contribution in [3.05, 3.63) is 58.0 Å². The normalized spacial score (nSPS) is 15.1. The summed E-state index contributed by atoms with van der Waals surface area (Å²) in [6.07, 6.45) is 8.36. The molecule has 0 radical (unpaired) electrons. The Balaban J connectivity index is 1.52. The number of aryl methyl sites for hydroxylation is 3.